The molecule has 0 unspecified atom stereocenters. The highest BCUT2D eigenvalue weighted by atomic mass is 16.5. The maximum atomic E-state index is 5.45. The second kappa shape index (κ2) is 11.5. The number of hydrogen-bond donors (Lipinski definition) is 3. The van der Waals surface area contributed by atoms with Crippen LogP contribution in [0.1, 0.15) is 12.8 Å². The molecule has 7 heteroatoms. The molecule has 0 amide bonds. The van der Waals surface area contributed by atoms with Gasteiger partial charge < -0.3 is 25.6 Å². The Morgan fingerprint density at radius 3 is 2.61 bits per heavy atom. The van der Waals surface area contributed by atoms with Crippen molar-refractivity contribution in [3.05, 3.63) is 42.6 Å². The lowest BCUT2D eigenvalue weighted by atomic mass is 10.0. The van der Waals surface area contributed by atoms with Crippen LogP contribution in [-0.4, -0.2) is 69.3 Å². The topological polar surface area (TPSA) is 74.3 Å². The standard InChI is InChI=1S/C24H34N6O/c1-25-24-28-13-9-22(29-24)19-15-18-7-8-20(31-4)17-21(18)23(16-19)27-12-5-10-26-11-6-14-30(2)3/h7-9,13,15-17,26-27H,5-6,10-12,14H2,1-4H3,(H,25,28,29). The highest BCUT2D eigenvalue weighted by Crippen LogP contribution is 2.33. The Bertz CT molecular complexity index is 975. The number of fused-ring (bicyclic) bond motifs is 1. The fourth-order valence-electron chi connectivity index (χ4n) is 3.48. The first-order valence-corrected chi connectivity index (χ1v) is 10.8. The molecule has 0 saturated heterocycles. The van der Waals surface area contributed by atoms with Gasteiger partial charge in [0.2, 0.25) is 5.95 Å². The van der Waals surface area contributed by atoms with E-state index in [1.165, 1.54) is 6.42 Å². The zero-order valence-electron chi connectivity index (χ0n) is 19.0. The van der Waals surface area contributed by atoms with Crippen molar-refractivity contribution < 1.29 is 4.74 Å². The van der Waals surface area contributed by atoms with E-state index in [2.05, 4.69) is 69.2 Å². The second-order valence-electron chi connectivity index (χ2n) is 7.81. The van der Waals surface area contributed by atoms with Crippen LogP contribution < -0.4 is 20.7 Å². The normalized spacial score (nSPS) is 11.1. The summed E-state index contributed by atoms with van der Waals surface area (Å²) < 4.78 is 5.45. The van der Waals surface area contributed by atoms with Crippen molar-refractivity contribution >= 4 is 22.4 Å². The van der Waals surface area contributed by atoms with E-state index in [9.17, 15) is 0 Å². The van der Waals surface area contributed by atoms with Gasteiger partial charge >= 0.3 is 0 Å². The molecule has 166 valence electrons. The largest absolute Gasteiger partial charge is 0.497 e. The minimum absolute atomic E-state index is 0.613. The summed E-state index contributed by atoms with van der Waals surface area (Å²) in [6.07, 6.45) is 4.00. The molecule has 1 aromatic heterocycles. The van der Waals surface area contributed by atoms with E-state index >= 15 is 0 Å². The molecule has 0 fully saturated rings. The summed E-state index contributed by atoms with van der Waals surface area (Å²) >= 11 is 0. The SMILES string of the molecule is CNc1nccc(-c2cc(NCCCNCCCN(C)C)c3cc(OC)ccc3c2)n1. The molecule has 0 saturated carbocycles. The molecule has 2 aromatic carbocycles. The Hall–Kier alpha value is -2.90. The molecule has 3 aromatic rings. The number of ether oxygens (including phenoxy) is 1. The van der Waals surface area contributed by atoms with Crippen LogP contribution >= 0.6 is 0 Å². The molecular formula is C24H34N6O. The van der Waals surface area contributed by atoms with Crippen LogP contribution in [-0.2, 0) is 0 Å². The van der Waals surface area contributed by atoms with Crippen molar-refractivity contribution in [2.75, 3.05) is 65.1 Å². The van der Waals surface area contributed by atoms with Gasteiger partial charge in [-0.25, -0.2) is 9.97 Å². The quantitative estimate of drug-likeness (QED) is 0.384. The molecule has 3 N–H and O–H groups in total. The third-order valence-corrected chi connectivity index (χ3v) is 5.14. The van der Waals surface area contributed by atoms with Gasteiger partial charge in [0.1, 0.15) is 5.75 Å². The van der Waals surface area contributed by atoms with E-state index in [1.807, 2.05) is 19.2 Å². The van der Waals surface area contributed by atoms with Crippen LogP contribution in [0.2, 0.25) is 0 Å². The van der Waals surface area contributed by atoms with E-state index in [0.717, 1.165) is 66.1 Å². The van der Waals surface area contributed by atoms with Crippen LogP contribution in [0, 0.1) is 0 Å². The van der Waals surface area contributed by atoms with Crippen molar-refractivity contribution in [1.29, 1.82) is 0 Å². The molecule has 0 aliphatic carbocycles. The van der Waals surface area contributed by atoms with Gasteiger partial charge in [-0.3, -0.25) is 0 Å². The molecule has 7 nitrogen and oxygen atoms in total. The van der Waals surface area contributed by atoms with Crippen molar-refractivity contribution in [2.24, 2.45) is 0 Å². The lowest BCUT2D eigenvalue weighted by Crippen LogP contribution is -2.23. The van der Waals surface area contributed by atoms with E-state index in [1.54, 1.807) is 13.3 Å². The molecule has 0 aliphatic rings. The van der Waals surface area contributed by atoms with Gasteiger partial charge in [0.05, 0.1) is 12.8 Å². The van der Waals surface area contributed by atoms with Gasteiger partial charge in [0, 0.05) is 36.4 Å². The minimum atomic E-state index is 0.613. The Morgan fingerprint density at radius 1 is 1.00 bits per heavy atom. The maximum Gasteiger partial charge on any atom is 0.222 e. The predicted octanol–water partition coefficient (Wildman–Crippen LogP) is 3.69. The monoisotopic (exact) mass is 422 g/mol. The number of anilines is 2. The highest BCUT2D eigenvalue weighted by molar-refractivity contribution is 5.98. The summed E-state index contributed by atoms with van der Waals surface area (Å²) in [6, 6.07) is 12.4. The van der Waals surface area contributed by atoms with Crippen molar-refractivity contribution in [3.63, 3.8) is 0 Å². The third-order valence-electron chi connectivity index (χ3n) is 5.14. The van der Waals surface area contributed by atoms with Crippen LogP contribution in [0.5, 0.6) is 5.75 Å². The number of aromatic nitrogens is 2. The summed E-state index contributed by atoms with van der Waals surface area (Å²) in [5.41, 5.74) is 3.03. The molecule has 0 aliphatic heterocycles. The first kappa shape index (κ1) is 22.8. The average Bonchev–Trinajstić information content (AvgIpc) is 2.80. The number of benzene rings is 2. The second-order valence-corrected chi connectivity index (χ2v) is 7.81. The van der Waals surface area contributed by atoms with E-state index in [0.29, 0.717) is 5.95 Å². The molecule has 0 radical (unpaired) electrons. The fraction of sp³-hybridized carbons (Fsp3) is 0.417. The Morgan fingerprint density at radius 2 is 1.84 bits per heavy atom. The number of nitrogens with zero attached hydrogens (tertiary/aromatic N) is 3. The van der Waals surface area contributed by atoms with Crippen LogP contribution in [0.25, 0.3) is 22.0 Å². The maximum absolute atomic E-state index is 5.45. The van der Waals surface area contributed by atoms with E-state index in [4.69, 9.17) is 4.74 Å². The van der Waals surface area contributed by atoms with Gasteiger partial charge in [-0.1, -0.05) is 6.07 Å². The molecule has 1 heterocycles. The molecule has 0 bridgehead atoms. The minimum Gasteiger partial charge on any atom is -0.497 e. The van der Waals surface area contributed by atoms with Crippen molar-refractivity contribution in [1.82, 2.24) is 20.2 Å². The molecule has 31 heavy (non-hydrogen) atoms. The van der Waals surface area contributed by atoms with Crippen molar-refractivity contribution in [3.8, 4) is 17.0 Å². The summed E-state index contributed by atoms with van der Waals surface area (Å²) in [7, 11) is 7.74. The van der Waals surface area contributed by atoms with Crippen LogP contribution in [0.4, 0.5) is 11.6 Å². The third kappa shape index (κ3) is 6.54. The molecule has 0 spiro atoms. The summed E-state index contributed by atoms with van der Waals surface area (Å²) in [5, 5.41) is 12.4. The predicted molar refractivity (Wildman–Crippen MR) is 130 cm³/mol. The lowest BCUT2D eigenvalue weighted by Gasteiger charge is -2.14. The first-order chi connectivity index (χ1) is 15.1. The number of nitrogens with one attached hydrogen (secondary N) is 3. The molecular weight excluding hydrogens is 388 g/mol. The highest BCUT2D eigenvalue weighted by Gasteiger charge is 2.09. The average molecular weight is 423 g/mol. The summed E-state index contributed by atoms with van der Waals surface area (Å²) in [4.78, 5) is 11.0. The first-order valence-electron chi connectivity index (χ1n) is 10.8. The smallest absolute Gasteiger partial charge is 0.222 e. The van der Waals surface area contributed by atoms with Gasteiger partial charge in [-0.2, -0.15) is 0 Å². The van der Waals surface area contributed by atoms with Crippen LogP contribution in [0.3, 0.4) is 0 Å². The zero-order chi connectivity index (χ0) is 22.1. The number of rotatable bonds is 12. The Balaban J connectivity index is 1.73. The van der Waals surface area contributed by atoms with Crippen LogP contribution in [0.15, 0.2) is 42.6 Å². The zero-order valence-corrected chi connectivity index (χ0v) is 19.0. The lowest BCUT2D eigenvalue weighted by molar-refractivity contribution is 0.394. The Labute approximate surface area is 185 Å². The van der Waals surface area contributed by atoms with E-state index in [-0.39, 0.29) is 0 Å². The van der Waals surface area contributed by atoms with Gasteiger partial charge in [0.25, 0.3) is 0 Å². The van der Waals surface area contributed by atoms with Gasteiger partial charge in [-0.05, 0) is 82.3 Å². The van der Waals surface area contributed by atoms with Gasteiger partial charge in [-0.15, -0.1) is 0 Å². The number of methoxy groups -OCH3 is 1. The molecule has 3 rings (SSSR count). The molecule has 0 atom stereocenters. The van der Waals surface area contributed by atoms with E-state index < -0.39 is 0 Å². The summed E-state index contributed by atoms with van der Waals surface area (Å²) in [6.45, 7) is 4.06. The Kier molecular flexibility index (Phi) is 8.44. The fourth-order valence-corrected chi connectivity index (χ4v) is 3.48. The van der Waals surface area contributed by atoms with Gasteiger partial charge in [0.15, 0.2) is 0 Å². The van der Waals surface area contributed by atoms with Crippen molar-refractivity contribution in [2.45, 2.75) is 12.8 Å². The number of hydrogen-bond acceptors (Lipinski definition) is 7. The summed E-state index contributed by atoms with van der Waals surface area (Å²) in [5.74, 6) is 1.47.